The van der Waals surface area contributed by atoms with Gasteiger partial charge in [-0.3, -0.25) is 8.37 Å². The zero-order chi connectivity index (χ0) is 26.7. The molecular formula is C25H35N5O5S2. The van der Waals surface area contributed by atoms with E-state index in [0.29, 0.717) is 36.9 Å². The molecule has 37 heavy (non-hydrogen) atoms. The molecule has 202 valence electrons. The van der Waals surface area contributed by atoms with Crippen molar-refractivity contribution in [3.8, 4) is 34.4 Å². The smallest absolute Gasteiger partial charge is 0.247 e. The predicted octanol–water partition coefficient (Wildman–Crippen LogP) is 4.82. The van der Waals surface area contributed by atoms with E-state index >= 15 is 0 Å². The molecular weight excluding hydrogens is 514 g/mol. The summed E-state index contributed by atoms with van der Waals surface area (Å²) in [5, 5.41) is 4.53. The minimum Gasteiger partial charge on any atom is -0.491 e. The van der Waals surface area contributed by atoms with Crippen LogP contribution in [0.25, 0.3) is 22.9 Å². The van der Waals surface area contributed by atoms with Crippen LogP contribution in [0.3, 0.4) is 0 Å². The van der Waals surface area contributed by atoms with E-state index in [4.69, 9.17) is 22.8 Å². The fourth-order valence-electron chi connectivity index (χ4n) is 4.36. The van der Waals surface area contributed by atoms with Gasteiger partial charge in [0.2, 0.25) is 5.79 Å². The number of nitrogens with zero attached hydrogens (tertiary/aromatic N) is 5. The van der Waals surface area contributed by atoms with Gasteiger partial charge in [-0.1, -0.05) is 13.8 Å². The Morgan fingerprint density at radius 1 is 1.22 bits per heavy atom. The van der Waals surface area contributed by atoms with Crippen molar-refractivity contribution < 1.29 is 22.0 Å². The van der Waals surface area contributed by atoms with E-state index in [9.17, 15) is 4.21 Å². The zero-order valence-electron chi connectivity index (χ0n) is 22.4. The Morgan fingerprint density at radius 2 is 2.00 bits per heavy atom. The molecule has 3 heterocycles. The Bertz CT molecular complexity index is 1260. The molecule has 1 aromatic carbocycles. The maximum atomic E-state index is 11.7. The Kier molecular flexibility index (Phi) is 8.62. The third kappa shape index (κ3) is 6.36. The van der Waals surface area contributed by atoms with Crippen molar-refractivity contribution in [1.29, 1.82) is 0 Å². The molecule has 12 heteroatoms. The molecule has 4 rings (SSSR count). The summed E-state index contributed by atoms with van der Waals surface area (Å²) in [7, 11) is 0. The number of hydrogen-bond acceptors (Lipinski definition) is 9. The summed E-state index contributed by atoms with van der Waals surface area (Å²) in [5.74, 6) is 2.63. The molecule has 0 aliphatic carbocycles. The minimum atomic E-state index is -1.45. The highest BCUT2D eigenvalue weighted by molar-refractivity contribution is 7.93. The summed E-state index contributed by atoms with van der Waals surface area (Å²) in [6, 6.07) is 5.82. The molecule has 0 amide bonds. The van der Waals surface area contributed by atoms with Gasteiger partial charge in [-0.05, 0) is 50.9 Å². The van der Waals surface area contributed by atoms with Gasteiger partial charge in [0.15, 0.2) is 16.9 Å². The number of rotatable bonds is 11. The van der Waals surface area contributed by atoms with Gasteiger partial charge in [0.1, 0.15) is 42.1 Å². The van der Waals surface area contributed by atoms with Gasteiger partial charge in [0.05, 0.1) is 12.1 Å². The normalized spacial score (nSPS) is 15.6. The summed E-state index contributed by atoms with van der Waals surface area (Å²) in [6.07, 6.45) is 5.85. The topological polar surface area (TPSA) is 103 Å². The van der Waals surface area contributed by atoms with Crippen molar-refractivity contribution in [1.82, 2.24) is 24.3 Å². The third-order valence-electron chi connectivity index (χ3n) is 5.72. The lowest BCUT2D eigenvalue weighted by Crippen LogP contribution is -2.43. The van der Waals surface area contributed by atoms with Crippen LogP contribution in [-0.2, 0) is 26.0 Å². The van der Waals surface area contributed by atoms with Crippen molar-refractivity contribution in [3.05, 3.63) is 30.2 Å². The van der Waals surface area contributed by atoms with Gasteiger partial charge >= 0.3 is 0 Å². The first-order valence-corrected chi connectivity index (χ1v) is 14.9. The highest BCUT2D eigenvalue weighted by atomic mass is 32.2. The highest BCUT2D eigenvalue weighted by Crippen LogP contribution is 2.38. The summed E-state index contributed by atoms with van der Waals surface area (Å²) in [5.41, 5.74) is 1.63. The van der Waals surface area contributed by atoms with Crippen LogP contribution in [0.4, 0.5) is 0 Å². The lowest BCUT2D eigenvalue weighted by Gasteiger charge is -2.33. The fraction of sp³-hybridized carbons (Fsp3) is 0.560. The van der Waals surface area contributed by atoms with Crippen molar-refractivity contribution in [2.24, 2.45) is 5.92 Å². The molecule has 10 nitrogen and oxygen atoms in total. The van der Waals surface area contributed by atoms with Crippen LogP contribution in [-0.4, -0.2) is 60.0 Å². The Balaban J connectivity index is 1.68. The Labute approximate surface area is 224 Å². The van der Waals surface area contributed by atoms with E-state index < -0.39 is 16.9 Å². The molecule has 0 fully saturated rings. The second kappa shape index (κ2) is 11.5. The van der Waals surface area contributed by atoms with Gasteiger partial charge in [0, 0.05) is 37.2 Å². The maximum absolute atomic E-state index is 11.7. The number of ether oxygens (including phenoxy) is 2. The number of benzene rings is 1. The van der Waals surface area contributed by atoms with Crippen LogP contribution in [0.5, 0.6) is 11.5 Å². The van der Waals surface area contributed by atoms with Crippen LogP contribution in [0.2, 0.25) is 0 Å². The molecule has 0 saturated carbocycles. The molecule has 0 N–H and O–H groups in total. The third-order valence-corrected chi connectivity index (χ3v) is 6.64. The average molecular weight is 550 g/mol. The van der Waals surface area contributed by atoms with Gasteiger partial charge in [-0.2, -0.15) is 5.10 Å². The molecule has 2 unspecified atom stereocenters. The second-order valence-corrected chi connectivity index (χ2v) is 11.2. The molecule has 3 aromatic rings. The molecule has 0 spiro atoms. The summed E-state index contributed by atoms with van der Waals surface area (Å²) in [6.45, 7) is 11.3. The first-order chi connectivity index (χ1) is 17.6. The van der Waals surface area contributed by atoms with Crippen molar-refractivity contribution in [2.75, 3.05) is 25.7 Å². The molecule has 2 atom stereocenters. The minimum absolute atomic E-state index is 0.0246. The van der Waals surface area contributed by atoms with Crippen molar-refractivity contribution in [2.45, 2.75) is 59.4 Å². The predicted molar refractivity (Wildman–Crippen MR) is 145 cm³/mol. The zero-order valence-corrected chi connectivity index (χ0v) is 24.0. The van der Waals surface area contributed by atoms with Crippen LogP contribution < -0.4 is 9.47 Å². The molecule has 0 bridgehead atoms. The molecule has 2 aromatic heterocycles. The SMILES string of the molecule is CSOC(COS(C)=O)(CC(C)C)Oc1ccc2c(c1)OCCn1cc(-c3nc(C)nn3C(C)C)nc1-2. The standard InChI is InChI=1S/C25H35N5O5S2/c1-16(2)13-25(35-36-6,15-33-37(7)31)34-19-8-9-20-22(12-19)32-11-10-29-14-21(27-23(20)29)24-26-18(5)28-30(24)17(3)4/h8-9,12,14,16-17H,10-11,13,15H2,1-7H3. The molecule has 1 aliphatic heterocycles. The first kappa shape index (κ1) is 27.6. The van der Waals surface area contributed by atoms with Gasteiger partial charge in [-0.15, -0.1) is 0 Å². The van der Waals surface area contributed by atoms with E-state index in [1.165, 1.54) is 18.3 Å². The average Bonchev–Trinajstić information content (AvgIpc) is 3.37. The van der Waals surface area contributed by atoms with E-state index in [1.807, 2.05) is 42.3 Å². The van der Waals surface area contributed by atoms with Gasteiger partial charge in [0.25, 0.3) is 0 Å². The van der Waals surface area contributed by atoms with Crippen LogP contribution in [0.1, 0.15) is 46.0 Å². The van der Waals surface area contributed by atoms with Crippen molar-refractivity contribution in [3.63, 3.8) is 0 Å². The maximum Gasteiger partial charge on any atom is 0.247 e. The summed E-state index contributed by atoms with van der Waals surface area (Å²) in [4.78, 5) is 9.56. The summed E-state index contributed by atoms with van der Waals surface area (Å²) >= 11 is -0.263. The molecule has 0 radical (unpaired) electrons. The van der Waals surface area contributed by atoms with E-state index in [0.717, 1.165) is 22.9 Å². The van der Waals surface area contributed by atoms with Crippen LogP contribution >= 0.6 is 12.0 Å². The quantitative estimate of drug-likeness (QED) is 0.246. The van der Waals surface area contributed by atoms with Crippen LogP contribution in [0, 0.1) is 12.8 Å². The monoisotopic (exact) mass is 549 g/mol. The van der Waals surface area contributed by atoms with Gasteiger partial charge in [-0.25, -0.2) is 18.9 Å². The highest BCUT2D eigenvalue weighted by Gasteiger charge is 2.37. The van der Waals surface area contributed by atoms with E-state index in [1.54, 1.807) is 0 Å². The van der Waals surface area contributed by atoms with E-state index in [-0.39, 0.29) is 18.6 Å². The fourth-order valence-corrected chi connectivity index (χ4v) is 5.16. The molecule has 0 saturated heterocycles. The molecule has 1 aliphatic rings. The Morgan fingerprint density at radius 3 is 2.68 bits per heavy atom. The van der Waals surface area contributed by atoms with Crippen LogP contribution in [0.15, 0.2) is 24.4 Å². The number of fused-ring (bicyclic) bond motifs is 3. The van der Waals surface area contributed by atoms with Crippen molar-refractivity contribution >= 4 is 23.1 Å². The first-order valence-electron chi connectivity index (χ1n) is 12.3. The second-order valence-electron chi connectivity index (χ2n) is 9.69. The summed E-state index contributed by atoms with van der Waals surface area (Å²) < 4.78 is 39.5. The number of hydrogen-bond donors (Lipinski definition) is 0. The van der Waals surface area contributed by atoms with E-state index in [2.05, 4.69) is 42.3 Å². The number of imidazole rings is 1. The Hall–Kier alpha value is -2.41. The number of aryl methyl sites for hydroxylation is 1. The lowest BCUT2D eigenvalue weighted by atomic mass is 10.0. The number of aromatic nitrogens is 5. The largest absolute Gasteiger partial charge is 0.491 e. The lowest BCUT2D eigenvalue weighted by molar-refractivity contribution is -0.137. The van der Waals surface area contributed by atoms with Gasteiger partial charge < -0.3 is 14.0 Å².